The number of hydrogen-bond donors (Lipinski definition) is 9. The molecule has 450 valence electrons. The minimum atomic E-state index is -5.63. The number of anilines is 1. The number of hydrogen-bond acceptors (Lipinski definition) is 20. The van der Waals surface area contributed by atoms with Gasteiger partial charge < -0.3 is 50.4 Å². The Kier molecular flexibility index (Phi) is 17.1. The molecule has 0 spiro atoms. The molecular formula is C55H79N9O16P2. The summed E-state index contributed by atoms with van der Waals surface area (Å²) in [6.45, 7) is 13.0. The summed E-state index contributed by atoms with van der Waals surface area (Å²) in [5, 5.41) is 55.3. The number of ether oxygens (including phenoxy) is 1. The average molecular weight is 1180 g/mol. The van der Waals surface area contributed by atoms with Crippen LogP contribution in [0.1, 0.15) is 128 Å². The van der Waals surface area contributed by atoms with E-state index >= 15 is 0 Å². The maximum absolute atomic E-state index is 14.5. The topological polar surface area (TPSA) is 380 Å². The highest BCUT2D eigenvalue weighted by molar-refractivity contribution is 7.61. The number of nitrogen functional groups attached to an aromatic ring is 1. The number of ketones is 1. The number of aromatic amines is 1. The largest absolute Gasteiger partial charge is 0.481 e. The van der Waals surface area contributed by atoms with Crippen molar-refractivity contribution in [3.05, 3.63) is 56.2 Å². The smallest absolute Gasteiger partial charge is 0.388 e. The molecule has 25 nitrogen and oxygen atoms in total. The third-order valence-electron chi connectivity index (χ3n) is 20.0. The molecule has 3 aromatic rings. The van der Waals surface area contributed by atoms with Crippen LogP contribution < -0.4 is 17.0 Å². The molecule has 4 saturated carbocycles. The molecule has 10 rings (SSSR count). The number of aryl methyl sites for hydroxylation is 1. The second-order valence-electron chi connectivity index (χ2n) is 25.3. The molecule has 0 amide bonds. The van der Waals surface area contributed by atoms with Gasteiger partial charge in [0.1, 0.15) is 54.3 Å². The van der Waals surface area contributed by atoms with Crippen molar-refractivity contribution in [2.24, 2.45) is 58.2 Å². The van der Waals surface area contributed by atoms with Gasteiger partial charge in [-0.25, -0.2) is 33.9 Å². The predicted molar refractivity (Wildman–Crippen MR) is 297 cm³/mol. The number of rotatable bonds is 20. The Hall–Kier alpha value is -4.46. The number of nitrogens with one attached hydrogen (secondary N) is 1. The van der Waals surface area contributed by atoms with E-state index in [-0.39, 0.29) is 51.5 Å². The van der Waals surface area contributed by atoms with Gasteiger partial charge in [0.05, 0.1) is 37.1 Å². The van der Waals surface area contributed by atoms with Gasteiger partial charge in [0.25, 0.3) is 5.56 Å². The van der Waals surface area contributed by atoms with Crippen LogP contribution in [0.5, 0.6) is 0 Å². The van der Waals surface area contributed by atoms with E-state index in [9.17, 15) is 58.8 Å². The van der Waals surface area contributed by atoms with Crippen molar-refractivity contribution in [2.45, 2.75) is 175 Å². The van der Waals surface area contributed by atoms with Crippen LogP contribution in [0, 0.1) is 72.0 Å². The fourth-order valence-electron chi connectivity index (χ4n) is 15.7. The quantitative estimate of drug-likeness (QED) is 0.0364. The third kappa shape index (κ3) is 11.4. The van der Waals surface area contributed by atoms with E-state index < -0.39 is 89.5 Å². The number of nitrogens with zero attached hydrogens (tertiary/aromatic N) is 7. The predicted octanol–water partition coefficient (Wildman–Crippen LogP) is 5.04. The molecule has 2 unspecified atom stereocenters. The van der Waals surface area contributed by atoms with Gasteiger partial charge in [-0.3, -0.25) is 28.2 Å². The Morgan fingerprint density at radius 1 is 0.890 bits per heavy atom. The second-order valence-corrected chi connectivity index (χ2v) is 28.3. The van der Waals surface area contributed by atoms with Crippen LogP contribution in [0.4, 0.5) is 5.82 Å². The zero-order valence-corrected chi connectivity index (χ0v) is 49.2. The molecule has 18 atom stereocenters. The highest BCUT2D eigenvalue weighted by atomic mass is 31.3. The van der Waals surface area contributed by atoms with Crippen LogP contribution in [0.25, 0.3) is 33.7 Å². The third-order valence-corrected chi connectivity index (χ3v) is 22.6. The molecule has 2 aromatic heterocycles. The van der Waals surface area contributed by atoms with Gasteiger partial charge in [-0.2, -0.15) is 9.29 Å². The van der Waals surface area contributed by atoms with Gasteiger partial charge in [-0.15, -0.1) is 0 Å². The summed E-state index contributed by atoms with van der Waals surface area (Å²) in [4.78, 5) is 84.6. The van der Waals surface area contributed by atoms with Crippen molar-refractivity contribution >= 4 is 49.4 Å². The fraction of sp³-hybridized carbons (Fsp3) is 0.709. The van der Waals surface area contributed by atoms with Crippen molar-refractivity contribution in [3.8, 4) is 11.5 Å². The lowest BCUT2D eigenvalue weighted by Crippen LogP contribution is -2.55. The second kappa shape index (κ2) is 23.1. The maximum Gasteiger partial charge on any atom is 0.481 e. The van der Waals surface area contributed by atoms with Crippen LogP contribution in [0.2, 0.25) is 0 Å². The molecule has 5 heterocycles. The molecule has 0 bridgehead atoms. The van der Waals surface area contributed by atoms with Crippen molar-refractivity contribution in [1.82, 2.24) is 39.0 Å². The molecule has 7 aliphatic rings. The number of aliphatic hydroxyl groups is 5. The Morgan fingerprint density at radius 3 is 2.37 bits per heavy atom. The maximum atomic E-state index is 14.5. The van der Waals surface area contributed by atoms with Gasteiger partial charge >= 0.3 is 21.3 Å². The molecule has 0 radical (unpaired) electrons. The number of carbonyl (C=O) groups is 1. The highest BCUT2D eigenvalue weighted by Gasteiger charge is 2.61. The molecule has 4 aliphatic carbocycles. The van der Waals surface area contributed by atoms with Crippen LogP contribution in [-0.2, 0) is 45.0 Å². The molecule has 82 heavy (non-hydrogen) atoms. The molecule has 27 heteroatoms. The van der Waals surface area contributed by atoms with Gasteiger partial charge in [0, 0.05) is 12.3 Å². The number of nitrogens with two attached hydrogens (primary N) is 1. The lowest BCUT2D eigenvalue weighted by Gasteiger charge is -2.61. The summed E-state index contributed by atoms with van der Waals surface area (Å²) < 4.78 is 48.0. The SMILES string of the molecule is Cc1cc2c(nc3c(=O)[nH]c(=O)nc-3n2C[C@H](O)[C@H](O)[C@H](O)COP(=O)(O)OP(=O)(O)OC[C@H]2O[C@@H](n3cnc4c(N)ncnc43)[C@H](O)[C@@H]2O)c(C[C@@H]2C[C@@]3(C)[C@@H](CC[C@@H]4[C@@H]3CC[C@]3(C)[C@@H]([C@H](C)CCCC(C)C)CC[C@@H]43)CC2=O)c1C. The van der Waals surface area contributed by atoms with Crippen LogP contribution >= 0.6 is 15.6 Å². The van der Waals surface area contributed by atoms with Crippen molar-refractivity contribution < 1.29 is 67.3 Å². The first-order valence-corrected chi connectivity index (χ1v) is 31.7. The van der Waals surface area contributed by atoms with E-state index in [0.717, 1.165) is 42.6 Å². The Morgan fingerprint density at radius 2 is 1.62 bits per heavy atom. The van der Waals surface area contributed by atoms with Crippen LogP contribution in [0.3, 0.4) is 0 Å². The molecule has 10 N–H and O–H groups in total. The number of Topliss-reactive ketones (excluding diaryl/α,β-unsaturated/α-hetero) is 1. The van der Waals surface area contributed by atoms with E-state index in [2.05, 4.69) is 63.8 Å². The van der Waals surface area contributed by atoms with E-state index in [1.807, 2.05) is 13.8 Å². The molecule has 5 fully saturated rings. The van der Waals surface area contributed by atoms with Crippen molar-refractivity contribution in [3.63, 3.8) is 0 Å². The van der Waals surface area contributed by atoms with E-state index in [0.29, 0.717) is 70.9 Å². The summed E-state index contributed by atoms with van der Waals surface area (Å²) in [5.74, 6) is 3.79. The van der Waals surface area contributed by atoms with Crippen molar-refractivity contribution in [2.75, 3.05) is 18.9 Å². The molecule has 3 aliphatic heterocycles. The summed E-state index contributed by atoms with van der Waals surface area (Å²) in [7, 11) is -11.2. The Bertz CT molecular complexity index is 3400. The van der Waals surface area contributed by atoms with Crippen molar-refractivity contribution in [1.29, 1.82) is 0 Å². The first-order chi connectivity index (χ1) is 38.6. The lowest BCUT2D eigenvalue weighted by atomic mass is 9.43. The first-order valence-electron chi connectivity index (χ1n) is 28.7. The number of phosphoric ester groups is 2. The highest BCUT2D eigenvalue weighted by Crippen LogP contribution is 2.69. The van der Waals surface area contributed by atoms with Gasteiger partial charge in [0.2, 0.25) is 0 Å². The van der Waals surface area contributed by atoms with Crippen LogP contribution in [-0.4, -0.2) is 130 Å². The van der Waals surface area contributed by atoms with Gasteiger partial charge in [-0.1, -0.05) is 53.9 Å². The molecule has 1 saturated heterocycles. The minimum absolute atomic E-state index is 0.0273. The fourth-order valence-corrected chi connectivity index (χ4v) is 17.8. The number of phosphoric acid groups is 2. The van der Waals surface area contributed by atoms with Gasteiger partial charge in [-0.05, 0) is 140 Å². The zero-order chi connectivity index (χ0) is 59.1. The van der Waals surface area contributed by atoms with Gasteiger partial charge in [0.15, 0.2) is 29.2 Å². The number of aliphatic hydroxyl groups excluding tert-OH is 5. The summed E-state index contributed by atoms with van der Waals surface area (Å²) >= 11 is 0. The van der Waals surface area contributed by atoms with Crippen LogP contribution in [0.15, 0.2) is 28.3 Å². The molecule has 1 aromatic carbocycles. The first kappa shape index (κ1) is 60.7. The standard InChI is InChI=1S/C55H79N9O16P2/c1-26(2)9-8-10-27(3)34-13-14-35-32-12-11-31-19-38(65)30(20-55(31,7)36(32)15-16-54(34,35)6)18-33-29(5)28(4)17-37-42(33)60-44-50(61-53(72)62-51(44)71)63(37)21-39(66)45(68)40(67)22-77-81(73,74)80-82(75,76)78-23-41-46(69)47(70)52(79-41)64-25-59-43-48(56)57-24-58-49(43)64/h17,24-27,30-32,34-36,39-41,45-47,52,66-70H,8-16,18-23H2,1-7H3,(H,73,74)(H,75,76)(H2,56,57,58)(H,62,71,72)/t27-,30-,31+,32+,34-,35+,36+,39+,40-,41-,45+,46-,47-,52-,54-,55+/m1/s1. The Labute approximate surface area is 474 Å². The number of imidazole rings is 1. The average Bonchev–Trinajstić information content (AvgIpc) is 4.29. The number of H-pyrrole nitrogens is 1. The molecular weight excluding hydrogens is 1100 g/mol. The van der Waals surface area contributed by atoms with E-state index in [1.165, 1.54) is 54.0 Å². The Balaban J connectivity index is 0.823. The number of aromatic nitrogens is 8. The normalized spacial score (nSPS) is 32.3. The summed E-state index contributed by atoms with van der Waals surface area (Å²) in [6, 6.07) is 1.74. The number of benzene rings is 1. The monoisotopic (exact) mass is 1180 g/mol. The van der Waals surface area contributed by atoms with E-state index in [4.69, 9.17) is 24.5 Å². The number of fused-ring (bicyclic) bond motifs is 8. The number of carbonyl (C=O) groups excluding carboxylic acids is 1. The zero-order valence-electron chi connectivity index (χ0n) is 47.4. The van der Waals surface area contributed by atoms with E-state index in [1.54, 1.807) is 6.07 Å². The lowest BCUT2D eigenvalue weighted by molar-refractivity contribution is -0.148. The summed E-state index contributed by atoms with van der Waals surface area (Å²) in [6.07, 6.45) is 2.25. The minimum Gasteiger partial charge on any atom is -0.388 e. The summed E-state index contributed by atoms with van der Waals surface area (Å²) in [5.41, 5.74) is 7.16.